The van der Waals surface area contributed by atoms with E-state index >= 15 is 0 Å². The van der Waals surface area contributed by atoms with E-state index in [4.69, 9.17) is 5.11 Å². The Morgan fingerprint density at radius 1 is 1.41 bits per heavy atom. The number of benzene rings is 1. The lowest BCUT2D eigenvalue weighted by atomic mass is 10.2. The van der Waals surface area contributed by atoms with Crippen molar-refractivity contribution in [3.63, 3.8) is 0 Å². The van der Waals surface area contributed by atoms with Gasteiger partial charge < -0.3 is 5.11 Å². The number of sulfonamides is 1. The molecule has 17 heavy (non-hydrogen) atoms. The number of carboxylic acid groups (broad SMARTS) is 1. The molecular weight excluding hydrogens is 248 g/mol. The van der Waals surface area contributed by atoms with Gasteiger partial charge >= 0.3 is 6.09 Å². The lowest BCUT2D eigenvalue weighted by Gasteiger charge is -2.18. The van der Waals surface area contributed by atoms with Gasteiger partial charge in [-0.3, -0.25) is 0 Å². The molecule has 7 nitrogen and oxygen atoms in total. The molecule has 0 radical (unpaired) electrons. The number of nitrogens with zero attached hydrogens (tertiary/aromatic N) is 2. The van der Waals surface area contributed by atoms with Crippen LogP contribution < -0.4 is 4.31 Å². The molecule has 0 saturated heterocycles. The first-order valence-electron chi connectivity index (χ1n) is 4.48. The molecule has 0 atom stereocenters. The number of amides is 1. The molecule has 1 N–H and O–H groups in total. The van der Waals surface area contributed by atoms with Crippen LogP contribution in [0.15, 0.2) is 29.4 Å². The molecule has 0 spiro atoms. The SMILES string of the molecule is CS(=O)(=O)N(C(=O)O)c1ccccc1CN=O. The molecule has 1 amide bonds. The van der Waals surface area contributed by atoms with Crippen molar-refractivity contribution in [1.82, 2.24) is 0 Å². The normalized spacial score (nSPS) is 10.9. The van der Waals surface area contributed by atoms with Crippen LogP contribution >= 0.6 is 0 Å². The van der Waals surface area contributed by atoms with E-state index in [1.807, 2.05) is 0 Å². The Labute approximate surface area is 97.7 Å². The van der Waals surface area contributed by atoms with E-state index in [9.17, 15) is 18.1 Å². The Hall–Kier alpha value is -1.96. The molecule has 0 aliphatic heterocycles. The second kappa shape index (κ2) is 4.91. The van der Waals surface area contributed by atoms with Gasteiger partial charge in [0, 0.05) is 5.56 Å². The summed E-state index contributed by atoms with van der Waals surface area (Å²) in [6.07, 6.45) is -0.863. The van der Waals surface area contributed by atoms with Crippen molar-refractivity contribution in [2.24, 2.45) is 5.18 Å². The number of hydrogen-bond donors (Lipinski definition) is 1. The molecule has 0 aliphatic carbocycles. The highest BCUT2D eigenvalue weighted by Gasteiger charge is 2.26. The maximum atomic E-state index is 11.4. The fraction of sp³-hybridized carbons (Fsp3) is 0.222. The molecule has 92 valence electrons. The van der Waals surface area contributed by atoms with Crippen molar-refractivity contribution < 1.29 is 18.3 Å². The summed E-state index contributed by atoms with van der Waals surface area (Å²) in [5.41, 5.74) is 0.150. The van der Waals surface area contributed by atoms with Gasteiger partial charge in [-0.25, -0.2) is 13.2 Å². The van der Waals surface area contributed by atoms with Gasteiger partial charge in [0.15, 0.2) is 0 Å². The van der Waals surface area contributed by atoms with Crippen molar-refractivity contribution in [3.8, 4) is 0 Å². The average molecular weight is 258 g/mol. The zero-order chi connectivity index (χ0) is 13.1. The summed E-state index contributed by atoms with van der Waals surface area (Å²) in [6.45, 7) is -0.296. The summed E-state index contributed by atoms with van der Waals surface area (Å²) < 4.78 is 22.9. The summed E-state index contributed by atoms with van der Waals surface area (Å²) in [5.74, 6) is 0. The van der Waals surface area contributed by atoms with E-state index in [1.165, 1.54) is 18.2 Å². The molecule has 0 unspecified atom stereocenters. The quantitative estimate of drug-likeness (QED) is 0.822. The second-order valence-electron chi connectivity index (χ2n) is 3.23. The number of rotatable bonds is 4. The number of carbonyl (C=O) groups is 1. The molecule has 8 heteroatoms. The van der Waals surface area contributed by atoms with Gasteiger partial charge in [0.05, 0.1) is 11.9 Å². The first-order chi connectivity index (χ1) is 7.88. The first-order valence-corrected chi connectivity index (χ1v) is 6.33. The molecule has 0 bridgehead atoms. The first kappa shape index (κ1) is 13.1. The van der Waals surface area contributed by atoms with Crippen LogP contribution in [0.5, 0.6) is 0 Å². The van der Waals surface area contributed by atoms with Crippen LogP contribution in [0.1, 0.15) is 5.56 Å². The number of para-hydroxylation sites is 1. The number of nitroso groups, excluding NO2 is 1. The van der Waals surface area contributed by atoms with Gasteiger partial charge in [-0.1, -0.05) is 23.4 Å². The molecule has 0 aliphatic rings. The summed E-state index contributed by atoms with van der Waals surface area (Å²) in [4.78, 5) is 21.1. The average Bonchev–Trinajstić information content (AvgIpc) is 2.18. The summed E-state index contributed by atoms with van der Waals surface area (Å²) in [6, 6.07) is 5.78. The Morgan fingerprint density at radius 2 is 2.00 bits per heavy atom. The molecule has 0 fully saturated rings. The van der Waals surface area contributed by atoms with Gasteiger partial charge in [0.1, 0.15) is 6.54 Å². The van der Waals surface area contributed by atoms with E-state index in [2.05, 4.69) is 5.18 Å². The highest BCUT2D eigenvalue weighted by molar-refractivity contribution is 7.92. The third-order valence-electron chi connectivity index (χ3n) is 1.95. The standard InChI is InChI=1S/C9H10N2O5S/c1-17(15,16)11(9(12)13)8-5-3-2-4-7(8)6-10-14/h2-5H,6H2,1H3,(H,12,13). The van der Waals surface area contributed by atoms with Crippen molar-refractivity contribution in [1.29, 1.82) is 0 Å². The zero-order valence-corrected chi connectivity index (χ0v) is 9.72. The summed E-state index contributed by atoms with van der Waals surface area (Å²) in [5, 5.41) is 11.5. The topological polar surface area (TPSA) is 104 Å². The fourth-order valence-electron chi connectivity index (χ4n) is 1.34. The van der Waals surface area contributed by atoms with Crippen molar-refractivity contribution in [2.45, 2.75) is 6.54 Å². The predicted molar refractivity (Wildman–Crippen MR) is 61.3 cm³/mol. The van der Waals surface area contributed by atoms with Gasteiger partial charge in [-0.15, -0.1) is 0 Å². The monoisotopic (exact) mass is 258 g/mol. The third kappa shape index (κ3) is 3.00. The highest BCUT2D eigenvalue weighted by atomic mass is 32.2. The lowest BCUT2D eigenvalue weighted by molar-refractivity contribution is 0.206. The van der Waals surface area contributed by atoms with Crippen LogP contribution in [0.25, 0.3) is 0 Å². The van der Waals surface area contributed by atoms with E-state index in [0.717, 1.165) is 6.26 Å². The number of anilines is 1. The van der Waals surface area contributed by atoms with Crippen LogP contribution in [0.4, 0.5) is 10.5 Å². The lowest BCUT2D eigenvalue weighted by Crippen LogP contribution is -2.35. The number of hydrogen-bond acceptors (Lipinski definition) is 5. The van der Waals surface area contributed by atoms with Crippen molar-refractivity contribution in [3.05, 3.63) is 34.7 Å². The Balaban J connectivity index is 3.38. The minimum absolute atomic E-state index is 0.0814. The molecule has 0 aromatic heterocycles. The smallest absolute Gasteiger partial charge is 0.425 e. The van der Waals surface area contributed by atoms with E-state index < -0.39 is 16.1 Å². The van der Waals surface area contributed by atoms with Crippen molar-refractivity contribution in [2.75, 3.05) is 10.6 Å². The molecule has 1 aromatic carbocycles. The van der Waals surface area contributed by atoms with Gasteiger partial charge in [-0.2, -0.15) is 9.21 Å². The van der Waals surface area contributed by atoms with E-state index in [-0.39, 0.29) is 22.1 Å². The van der Waals surface area contributed by atoms with Gasteiger partial charge in [-0.05, 0) is 6.07 Å². The second-order valence-corrected chi connectivity index (χ2v) is 5.06. The van der Waals surface area contributed by atoms with Crippen LogP contribution in [-0.2, 0) is 16.6 Å². The fourth-order valence-corrected chi connectivity index (χ4v) is 2.15. The molecule has 0 saturated carbocycles. The largest absolute Gasteiger partial charge is 0.464 e. The molecular formula is C9H10N2O5S. The maximum Gasteiger partial charge on any atom is 0.425 e. The van der Waals surface area contributed by atoms with E-state index in [0.29, 0.717) is 0 Å². The van der Waals surface area contributed by atoms with E-state index in [1.54, 1.807) is 6.07 Å². The minimum atomic E-state index is -3.97. The zero-order valence-electron chi connectivity index (χ0n) is 8.90. The third-order valence-corrected chi connectivity index (χ3v) is 2.97. The Bertz CT molecular complexity index is 540. The predicted octanol–water partition coefficient (Wildman–Crippen LogP) is 1.40. The summed E-state index contributed by atoms with van der Waals surface area (Å²) >= 11 is 0. The van der Waals surface area contributed by atoms with Crippen LogP contribution in [-0.4, -0.2) is 25.9 Å². The van der Waals surface area contributed by atoms with Crippen molar-refractivity contribution >= 4 is 21.8 Å². The highest BCUT2D eigenvalue weighted by Crippen LogP contribution is 2.23. The summed E-state index contributed by atoms with van der Waals surface area (Å²) in [7, 11) is -3.97. The van der Waals surface area contributed by atoms with Gasteiger partial charge in [0.25, 0.3) is 0 Å². The van der Waals surface area contributed by atoms with Crippen LogP contribution in [0.2, 0.25) is 0 Å². The Morgan fingerprint density at radius 3 is 2.47 bits per heavy atom. The molecule has 1 aromatic rings. The maximum absolute atomic E-state index is 11.4. The Kier molecular flexibility index (Phi) is 3.79. The minimum Gasteiger partial charge on any atom is -0.464 e. The van der Waals surface area contributed by atoms with Crippen LogP contribution in [0.3, 0.4) is 0 Å². The molecule has 1 rings (SSSR count). The molecule has 0 heterocycles. The van der Waals surface area contributed by atoms with Crippen LogP contribution in [0, 0.1) is 4.91 Å². The van der Waals surface area contributed by atoms with Gasteiger partial charge in [0.2, 0.25) is 10.0 Å².